The van der Waals surface area contributed by atoms with Crippen LogP contribution in [0.25, 0.3) is 0 Å². The lowest BCUT2D eigenvalue weighted by molar-refractivity contribution is -0.141. The molecule has 0 saturated heterocycles. The highest BCUT2D eigenvalue weighted by Gasteiger charge is 2.57. The summed E-state index contributed by atoms with van der Waals surface area (Å²) in [5.74, 6) is 0.528. The number of carboxylic acids is 1. The number of Topliss-reactive ketones (excluding diaryl/α,β-unsaturated/α-hetero) is 1. The molecule has 9 nitrogen and oxygen atoms in total. The highest BCUT2D eigenvalue weighted by Crippen LogP contribution is 2.64. The maximum atomic E-state index is 12.9. The Bertz CT molecular complexity index is 1650. The first-order valence-electron chi connectivity index (χ1n) is 22.0. The number of carbonyl (C=O) groups is 5. The fraction of sp³-hybridized carbons (Fsp3) is 0.612. The Labute approximate surface area is 347 Å². The van der Waals surface area contributed by atoms with Crippen LogP contribution in [0.15, 0.2) is 77.9 Å². The maximum absolute atomic E-state index is 12.9. The standard InChI is InChI=1S/C24H30O7.C16H22.C9H17NO/c1-23-9-7-15(25)11-14(23)3-4-16-17-5-6-19(24(17,2)10-8-18(16)23)20(26)12-30-22(29)31-13-21(27)28;1-3-9-15(10-4-1)11-5-2-6-12-16-13-7-8-14-16;1-3-5-6-7-8-9(11)10-4-2/h8,11,16-17,19H,3-7,9-10,12-13H2,1-2H3,(H,27,28);1,3-4,6,9-10,12,16H,2,5,7-8,11,13-14H2;3,5H,4,6-8H2,1-2H3,(H,10,11)/b;12-6+;5-3-. The van der Waals surface area contributed by atoms with Gasteiger partial charge in [0.05, 0.1) is 0 Å². The molecule has 1 amide bonds. The molecule has 6 rings (SSSR count). The molecule has 5 atom stereocenters. The average Bonchev–Trinajstić information content (AvgIpc) is 3.87. The molecule has 3 fully saturated rings. The van der Waals surface area contributed by atoms with Crippen molar-refractivity contribution in [2.45, 2.75) is 137 Å². The molecular weight excluding hydrogens is 731 g/mol. The molecule has 0 bridgehead atoms. The monoisotopic (exact) mass is 800 g/mol. The summed E-state index contributed by atoms with van der Waals surface area (Å²) in [7, 11) is 0. The van der Waals surface area contributed by atoms with E-state index < -0.39 is 18.7 Å². The number of allylic oxidation sites excluding steroid dienone is 8. The zero-order valence-corrected chi connectivity index (χ0v) is 35.6. The number of ketones is 2. The number of amides is 1. The number of hydrogen-bond acceptors (Lipinski definition) is 7. The lowest BCUT2D eigenvalue weighted by Crippen LogP contribution is -2.45. The van der Waals surface area contributed by atoms with Gasteiger partial charge in [-0.05, 0) is 132 Å². The predicted octanol–water partition coefficient (Wildman–Crippen LogP) is 10.5. The molecule has 58 heavy (non-hydrogen) atoms. The van der Waals surface area contributed by atoms with Gasteiger partial charge in [-0.3, -0.25) is 14.4 Å². The number of aliphatic carboxylic acids is 1. The van der Waals surface area contributed by atoms with Crippen molar-refractivity contribution >= 4 is 29.6 Å². The summed E-state index contributed by atoms with van der Waals surface area (Å²) < 4.78 is 9.30. The lowest BCUT2D eigenvalue weighted by Gasteiger charge is -2.53. The summed E-state index contributed by atoms with van der Waals surface area (Å²) in [4.78, 5) is 57.7. The Morgan fingerprint density at radius 1 is 0.914 bits per heavy atom. The molecule has 5 aliphatic rings. The third-order valence-electron chi connectivity index (χ3n) is 13.2. The van der Waals surface area contributed by atoms with Gasteiger partial charge in [-0.15, -0.1) is 0 Å². The van der Waals surface area contributed by atoms with E-state index in [9.17, 15) is 24.0 Å². The van der Waals surface area contributed by atoms with Crippen molar-refractivity contribution in [1.29, 1.82) is 0 Å². The zero-order chi connectivity index (χ0) is 42.0. The van der Waals surface area contributed by atoms with Crippen LogP contribution in [-0.2, 0) is 35.1 Å². The molecule has 0 aliphatic heterocycles. The van der Waals surface area contributed by atoms with Crippen molar-refractivity contribution in [3.05, 3.63) is 83.5 Å². The van der Waals surface area contributed by atoms with E-state index in [1.807, 2.05) is 26.0 Å². The van der Waals surface area contributed by atoms with Crippen molar-refractivity contribution in [2.24, 2.45) is 34.5 Å². The SMILES string of the molecule is C(=C\C1CCCC1)/CCCc1ccccc1.C/C=C\CCCC(=O)NCC.CC12CCC(=O)C=C1CCC1C2=CCC2(C)C(C(=O)COC(=O)OCC(=O)O)CCC12. The van der Waals surface area contributed by atoms with Crippen LogP contribution in [0.1, 0.15) is 136 Å². The minimum absolute atomic E-state index is 0.0305. The van der Waals surface area contributed by atoms with Crippen LogP contribution >= 0.6 is 0 Å². The van der Waals surface area contributed by atoms with Crippen LogP contribution in [0.5, 0.6) is 0 Å². The Balaban J connectivity index is 0.000000229. The van der Waals surface area contributed by atoms with Gasteiger partial charge >= 0.3 is 12.1 Å². The number of fused-ring (bicyclic) bond motifs is 5. The number of carboxylic acid groups (broad SMARTS) is 1. The largest absolute Gasteiger partial charge is 0.509 e. The Hall–Kier alpha value is -4.27. The second kappa shape index (κ2) is 23.4. The third kappa shape index (κ3) is 13.4. The van der Waals surface area contributed by atoms with Gasteiger partial charge in [-0.2, -0.15) is 0 Å². The number of aryl methyl sites for hydroxylation is 1. The van der Waals surface area contributed by atoms with Crippen molar-refractivity contribution in [3.8, 4) is 0 Å². The molecular formula is C49H69NO8. The Kier molecular flexibility index (Phi) is 18.7. The van der Waals surface area contributed by atoms with Crippen molar-refractivity contribution in [1.82, 2.24) is 5.32 Å². The van der Waals surface area contributed by atoms with Crippen LogP contribution in [0.4, 0.5) is 4.79 Å². The lowest BCUT2D eigenvalue weighted by atomic mass is 9.51. The maximum Gasteiger partial charge on any atom is 0.509 e. The average molecular weight is 800 g/mol. The van der Waals surface area contributed by atoms with E-state index in [1.54, 1.807) is 0 Å². The first-order chi connectivity index (χ1) is 27.9. The highest BCUT2D eigenvalue weighted by atomic mass is 16.7. The van der Waals surface area contributed by atoms with E-state index in [0.717, 1.165) is 63.8 Å². The second-order valence-corrected chi connectivity index (χ2v) is 17.2. The number of rotatable bonds is 15. The molecule has 3 saturated carbocycles. The van der Waals surface area contributed by atoms with E-state index >= 15 is 0 Å². The fourth-order valence-electron chi connectivity index (χ4n) is 10.1. The van der Waals surface area contributed by atoms with Gasteiger partial charge in [0, 0.05) is 30.7 Å². The van der Waals surface area contributed by atoms with E-state index in [-0.39, 0.29) is 40.8 Å². The van der Waals surface area contributed by atoms with Gasteiger partial charge in [0.1, 0.15) is 0 Å². The van der Waals surface area contributed by atoms with Gasteiger partial charge in [0.25, 0.3) is 0 Å². The smallest absolute Gasteiger partial charge is 0.479 e. The quantitative estimate of drug-likeness (QED) is 0.102. The number of hydrogen-bond donors (Lipinski definition) is 2. The van der Waals surface area contributed by atoms with E-state index in [1.165, 1.54) is 61.7 Å². The number of ether oxygens (including phenoxy) is 2. The van der Waals surface area contributed by atoms with Crippen molar-refractivity contribution < 1.29 is 38.6 Å². The van der Waals surface area contributed by atoms with Gasteiger partial charge in [-0.25, -0.2) is 9.59 Å². The molecule has 1 aromatic carbocycles. The molecule has 0 radical (unpaired) electrons. The number of carbonyl (C=O) groups excluding carboxylic acids is 4. The third-order valence-corrected chi connectivity index (χ3v) is 13.2. The van der Waals surface area contributed by atoms with Crippen molar-refractivity contribution in [2.75, 3.05) is 19.8 Å². The fourth-order valence-corrected chi connectivity index (χ4v) is 10.1. The Morgan fingerprint density at radius 3 is 2.34 bits per heavy atom. The van der Waals surface area contributed by atoms with Gasteiger partial charge in [0.15, 0.2) is 24.8 Å². The van der Waals surface area contributed by atoms with E-state index in [4.69, 9.17) is 9.84 Å². The van der Waals surface area contributed by atoms with Gasteiger partial charge in [-0.1, -0.05) is 98.5 Å². The van der Waals surface area contributed by atoms with Crippen LogP contribution in [0.2, 0.25) is 0 Å². The summed E-state index contributed by atoms with van der Waals surface area (Å²) in [6.07, 6.45) is 30.1. The topological polar surface area (TPSA) is 136 Å². The van der Waals surface area contributed by atoms with Crippen molar-refractivity contribution in [3.63, 3.8) is 0 Å². The summed E-state index contributed by atoms with van der Waals surface area (Å²) in [5, 5.41) is 11.3. The van der Waals surface area contributed by atoms with Crippen LogP contribution < -0.4 is 5.32 Å². The van der Waals surface area contributed by atoms with E-state index in [0.29, 0.717) is 24.7 Å². The van der Waals surface area contributed by atoms with E-state index in [2.05, 4.69) is 78.5 Å². The summed E-state index contributed by atoms with van der Waals surface area (Å²) in [6, 6.07) is 10.8. The first kappa shape index (κ1) is 46.4. The Morgan fingerprint density at radius 2 is 1.64 bits per heavy atom. The van der Waals surface area contributed by atoms with Crippen LogP contribution in [0.3, 0.4) is 0 Å². The number of benzene rings is 1. The number of nitrogens with one attached hydrogen (secondary N) is 1. The minimum atomic E-state index is -1.28. The molecule has 1 aromatic rings. The highest BCUT2D eigenvalue weighted by molar-refractivity contribution is 5.92. The predicted molar refractivity (Wildman–Crippen MR) is 228 cm³/mol. The molecule has 2 N–H and O–H groups in total. The van der Waals surface area contributed by atoms with Gasteiger partial charge < -0.3 is 19.9 Å². The molecule has 318 valence electrons. The molecule has 5 unspecified atom stereocenters. The molecule has 0 spiro atoms. The second-order valence-electron chi connectivity index (χ2n) is 17.2. The molecule has 5 aliphatic carbocycles. The normalized spacial score (nSPS) is 26.1. The minimum Gasteiger partial charge on any atom is -0.479 e. The number of unbranched alkanes of at least 4 members (excludes halogenated alkanes) is 2. The zero-order valence-electron chi connectivity index (χ0n) is 35.6. The summed E-state index contributed by atoms with van der Waals surface area (Å²) in [5.41, 5.74) is 3.99. The van der Waals surface area contributed by atoms with Gasteiger partial charge in [0.2, 0.25) is 5.91 Å². The summed E-state index contributed by atoms with van der Waals surface area (Å²) >= 11 is 0. The first-order valence-corrected chi connectivity index (χ1v) is 22.0. The molecule has 0 heterocycles. The molecule has 9 heteroatoms. The van der Waals surface area contributed by atoms with Crippen LogP contribution in [-0.4, -0.2) is 54.5 Å². The summed E-state index contributed by atoms with van der Waals surface area (Å²) in [6.45, 7) is 7.95. The van der Waals surface area contributed by atoms with Crippen LogP contribution in [0, 0.1) is 34.5 Å². The molecule has 0 aromatic heterocycles.